The minimum Gasteiger partial charge on any atom is -0.456 e. The Morgan fingerprint density at radius 1 is 0.489 bits per heavy atom. The molecule has 0 amide bonds. The Morgan fingerprint density at radius 3 is 2.02 bits per heavy atom. The first-order valence-electron chi connectivity index (χ1n) is 15.6. The Labute approximate surface area is 262 Å². The molecule has 0 radical (unpaired) electrons. The minimum atomic E-state index is -0.298. The van der Waals surface area contributed by atoms with Gasteiger partial charge in [-0.2, -0.15) is 0 Å². The number of benzene rings is 7. The molecule has 45 heavy (non-hydrogen) atoms. The maximum absolute atomic E-state index is 6.62. The van der Waals surface area contributed by atoms with Gasteiger partial charge in [-0.3, -0.25) is 0 Å². The predicted molar refractivity (Wildman–Crippen MR) is 189 cm³/mol. The molecule has 2 heteroatoms. The number of rotatable bonds is 4. The minimum absolute atomic E-state index is 0.298. The molecule has 1 heterocycles. The molecule has 0 spiro atoms. The molecule has 2 nitrogen and oxygen atoms in total. The molecule has 9 rings (SSSR count). The summed E-state index contributed by atoms with van der Waals surface area (Å²) in [6.45, 7) is 4.70. The molecule has 1 aliphatic carbocycles. The van der Waals surface area contributed by atoms with Gasteiger partial charge in [-0.05, 0) is 81.1 Å². The Morgan fingerprint density at radius 2 is 1.18 bits per heavy atom. The number of fused-ring (bicyclic) bond motifs is 8. The van der Waals surface area contributed by atoms with Gasteiger partial charge in [-0.25, -0.2) is 0 Å². The molecule has 0 saturated heterocycles. The third-order valence-electron chi connectivity index (χ3n) is 9.59. The fourth-order valence-electron chi connectivity index (χ4n) is 7.54. The van der Waals surface area contributed by atoms with Crippen molar-refractivity contribution >= 4 is 49.8 Å². The van der Waals surface area contributed by atoms with E-state index in [0.29, 0.717) is 0 Å². The van der Waals surface area contributed by atoms with E-state index < -0.39 is 0 Å². The highest BCUT2D eigenvalue weighted by Crippen LogP contribution is 2.56. The zero-order valence-electron chi connectivity index (χ0n) is 25.3. The molecule has 0 saturated carbocycles. The van der Waals surface area contributed by atoms with E-state index >= 15 is 0 Å². The largest absolute Gasteiger partial charge is 0.456 e. The molecule has 0 N–H and O–H groups in total. The number of para-hydroxylation sites is 1. The summed E-state index contributed by atoms with van der Waals surface area (Å²) in [6, 6.07) is 54.6. The lowest BCUT2D eigenvalue weighted by molar-refractivity contribution is 0.620. The topological polar surface area (TPSA) is 16.4 Å². The molecule has 1 aliphatic rings. The van der Waals surface area contributed by atoms with Crippen LogP contribution in [0.25, 0.3) is 55.0 Å². The normalized spacial score (nSPS) is 13.3. The van der Waals surface area contributed by atoms with Gasteiger partial charge in [0.2, 0.25) is 0 Å². The third kappa shape index (κ3) is 3.89. The van der Waals surface area contributed by atoms with Crippen LogP contribution in [0, 0.1) is 0 Å². The first kappa shape index (κ1) is 25.9. The van der Waals surface area contributed by atoms with Gasteiger partial charge in [-0.1, -0.05) is 123 Å². The van der Waals surface area contributed by atoms with Gasteiger partial charge in [0.1, 0.15) is 11.2 Å². The highest BCUT2D eigenvalue weighted by atomic mass is 16.3. The second kappa shape index (κ2) is 9.70. The van der Waals surface area contributed by atoms with Crippen molar-refractivity contribution in [2.24, 2.45) is 0 Å². The van der Waals surface area contributed by atoms with E-state index in [2.05, 4.69) is 164 Å². The highest BCUT2D eigenvalue weighted by Gasteiger charge is 2.41. The van der Waals surface area contributed by atoms with Gasteiger partial charge >= 0.3 is 0 Å². The zero-order chi connectivity index (χ0) is 30.1. The zero-order valence-corrected chi connectivity index (χ0v) is 25.3. The van der Waals surface area contributed by atoms with Crippen molar-refractivity contribution in [2.45, 2.75) is 19.3 Å². The van der Waals surface area contributed by atoms with Crippen LogP contribution in [0.5, 0.6) is 0 Å². The van der Waals surface area contributed by atoms with Crippen LogP contribution < -0.4 is 4.90 Å². The van der Waals surface area contributed by atoms with Gasteiger partial charge in [0.25, 0.3) is 0 Å². The maximum Gasteiger partial charge on any atom is 0.140 e. The fraction of sp³-hybridized carbons (Fsp3) is 0.0698. The van der Waals surface area contributed by atoms with Crippen molar-refractivity contribution < 1.29 is 4.42 Å². The Kier molecular flexibility index (Phi) is 5.58. The molecule has 0 bridgehead atoms. The SMILES string of the molecule is CC1(C)c2c(cccc2N(c2ccc(-c3ccccc3)cc2)c2ccc3ccccc3c2)-c2ccc3c(oc4ccccc43)c21. The van der Waals surface area contributed by atoms with Gasteiger partial charge in [0.05, 0.1) is 5.69 Å². The average Bonchev–Trinajstić information content (AvgIpc) is 3.58. The molecule has 0 atom stereocenters. The summed E-state index contributed by atoms with van der Waals surface area (Å²) in [5, 5.41) is 4.80. The van der Waals surface area contributed by atoms with Crippen LogP contribution in [-0.2, 0) is 5.41 Å². The first-order chi connectivity index (χ1) is 22.1. The lowest BCUT2D eigenvalue weighted by Crippen LogP contribution is -2.20. The van der Waals surface area contributed by atoms with Gasteiger partial charge in [-0.15, -0.1) is 0 Å². The number of hydrogen-bond acceptors (Lipinski definition) is 2. The van der Waals surface area contributed by atoms with Crippen molar-refractivity contribution in [3.63, 3.8) is 0 Å². The number of hydrogen-bond donors (Lipinski definition) is 0. The van der Waals surface area contributed by atoms with Crippen LogP contribution in [0.1, 0.15) is 25.0 Å². The Hall–Kier alpha value is -5.60. The van der Waals surface area contributed by atoms with Crippen molar-refractivity contribution in [3.05, 3.63) is 163 Å². The standard InChI is InChI=1S/C43H31NO/c1-43(2)40-35(36-25-26-37-34-15-8-9-18-39(34)45-42(37)41(36)43)16-10-17-38(40)44(33-24-21-29-13-6-7-14-31(29)27-33)32-22-19-30(20-23-32)28-11-4-3-5-12-28/h3-27H,1-2H3. The van der Waals surface area contributed by atoms with Crippen LogP contribution in [0.2, 0.25) is 0 Å². The Balaban J connectivity index is 1.27. The molecule has 0 unspecified atom stereocenters. The lowest BCUT2D eigenvalue weighted by atomic mass is 9.80. The van der Waals surface area contributed by atoms with E-state index in [1.165, 1.54) is 60.6 Å². The summed E-state index contributed by atoms with van der Waals surface area (Å²) < 4.78 is 6.62. The molecule has 8 aromatic rings. The van der Waals surface area contributed by atoms with Crippen LogP contribution in [0.15, 0.2) is 156 Å². The smallest absolute Gasteiger partial charge is 0.140 e. The van der Waals surface area contributed by atoms with Crippen molar-refractivity contribution in [1.82, 2.24) is 0 Å². The number of anilines is 3. The predicted octanol–water partition coefficient (Wildman–Crippen LogP) is 12.2. The summed E-state index contributed by atoms with van der Waals surface area (Å²) in [6.07, 6.45) is 0. The lowest BCUT2D eigenvalue weighted by Gasteiger charge is -2.32. The summed E-state index contributed by atoms with van der Waals surface area (Å²) in [4.78, 5) is 2.43. The number of nitrogens with zero attached hydrogens (tertiary/aromatic N) is 1. The second-order valence-electron chi connectivity index (χ2n) is 12.6. The van der Waals surface area contributed by atoms with Gasteiger partial charge in [0.15, 0.2) is 0 Å². The molecule has 7 aromatic carbocycles. The van der Waals surface area contributed by atoms with Crippen molar-refractivity contribution in [1.29, 1.82) is 0 Å². The quantitative estimate of drug-likeness (QED) is 0.207. The monoisotopic (exact) mass is 577 g/mol. The second-order valence-corrected chi connectivity index (χ2v) is 12.6. The summed E-state index contributed by atoms with van der Waals surface area (Å²) in [5.41, 5.74) is 12.6. The Bertz CT molecular complexity index is 2400. The molecule has 0 aliphatic heterocycles. The highest BCUT2D eigenvalue weighted by molar-refractivity contribution is 6.09. The van der Waals surface area contributed by atoms with Crippen molar-refractivity contribution in [2.75, 3.05) is 4.90 Å². The molecule has 0 fully saturated rings. The first-order valence-corrected chi connectivity index (χ1v) is 15.6. The van der Waals surface area contributed by atoms with E-state index in [4.69, 9.17) is 4.42 Å². The van der Waals surface area contributed by atoms with Crippen LogP contribution >= 0.6 is 0 Å². The number of furan rings is 1. The summed E-state index contributed by atoms with van der Waals surface area (Å²) >= 11 is 0. The fourth-order valence-corrected chi connectivity index (χ4v) is 7.54. The van der Waals surface area contributed by atoms with E-state index in [-0.39, 0.29) is 5.41 Å². The van der Waals surface area contributed by atoms with Crippen LogP contribution in [-0.4, -0.2) is 0 Å². The van der Waals surface area contributed by atoms with Gasteiger partial charge in [0, 0.05) is 33.1 Å². The maximum atomic E-state index is 6.62. The van der Waals surface area contributed by atoms with E-state index in [1.54, 1.807) is 0 Å². The van der Waals surface area contributed by atoms with Crippen LogP contribution in [0.4, 0.5) is 17.1 Å². The van der Waals surface area contributed by atoms with Gasteiger partial charge < -0.3 is 9.32 Å². The van der Waals surface area contributed by atoms with E-state index in [9.17, 15) is 0 Å². The van der Waals surface area contributed by atoms with Crippen molar-refractivity contribution in [3.8, 4) is 22.3 Å². The summed E-state index contributed by atoms with van der Waals surface area (Å²) in [7, 11) is 0. The van der Waals surface area contributed by atoms with E-state index in [1.807, 2.05) is 6.07 Å². The van der Waals surface area contributed by atoms with Crippen LogP contribution in [0.3, 0.4) is 0 Å². The molecular formula is C43H31NO. The molecular weight excluding hydrogens is 546 g/mol. The summed E-state index contributed by atoms with van der Waals surface area (Å²) in [5.74, 6) is 0. The van der Waals surface area contributed by atoms with E-state index in [0.717, 1.165) is 22.5 Å². The molecule has 214 valence electrons. The third-order valence-corrected chi connectivity index (χ3v) is 9.59. The average molecular weight is 578 g/mol. The molecule has 1 aromatic heterocycles.